The van der Waals surface area contributed by atoms with E-state index in [1.807, 2.05) is 24.2 Å². The standard InChI is InChI=1S/C15H20N2S/c1-12(7-8-18-2)17-11-14-10-16-9-13-5-3-4-6-15(13)14/h3-6,9-10,12,17H,7-8,11H2,1-2H3. The zero-order chi connectivity index (χ0) is 12.8. The van der Waals surface area contributed by atoms with Crippen LogP contribution in [0.25, 0.3) is 10.8 Å². The molecule has 1 atom stereocenters. The van der Waals surface area contributed by atoms with E-state index in [9.17, 15) is 0 Å². The molecular weight excluding hydrogens is 240 g/mol. The summed E-state index contributed by atoms with van der Waals surface area (Å²) in [6.45, 7) is 3.14. The maximum absolute atomic E-state index is 4.31. The lowest BCUT2D eigenvalue weighted by molar-refractivity contribution is 0.538. The second-order valence-electron chi connectivity index (χ2n) is 4.58. The fraction of sp³-hybridized carbons (Fsp3) is 0.400. The van der Waals surface area contributed by atoms with Crippen molar-refractivity contribution in [3.63, 3.8) is 0 Å². The lowest BCUT2D eigenvalue weighted by atomic mass is 10.1. The van der Waals surface area contributed by atoms with E-state index in [0.29, 0.717) is 6.04 Å². The Balaban J connectivity index is 2.03. The number of nitrogens with one attached hydrogen (secondary N) is 1. The van der Waals surface area contributed by atoms with E-state index in [-0.39, 0.29) is 0 Å². The molecule has 0 aliphatic rings. The first-order valence-electron chi connectivity index (χ1n) is 6.35. The molecule has 96 valence electrons. The van der Waals surface area contributed by atoms with E-state index < -0.39 is 0 Å². The number of pyridine rings is 1. The Bertz CT molecular complexity index is 493. The molecule has 1 aromatic heterocycles. The summed E-state index contributed by atoms with van der Waals surface area (Å²) >= 11 is 1.90. The van der Waals surface area contributed by atoms with Gasteiger partial charge in [0.2, 0.25) is 0 Å². The number of thioether (sulfide) groups is 1. The van der Waals surface area contributed by atoms with E-state index >= 15 is 0 Å². The Labute approximate surface area is 113 Å². The smallest absolute Gasteiger partial charge is 0.0346 e. The molecule has 2 nitrogen and oxygen atoms in total. The fourth-order valence-electron chi connectivity index (χ4n) is 2.00. The molecule has 0 fully saturated rings. The van der Waals surface area contributed by atoms with Crippen LogP contribution in [0, 0.1) is 0 Å². The fourth-order valence-corrected chi connectivity index (χ4v) is 2.59. The molecule has 2 rings (SSSR count). The number of benzene rings is 1. The average Bonchev–Trinajstić information content (AvgIpc) is 2.42. The molecule has 2 aromatic rings. The highest BCUT2D eigenvalue weighted by Crippen LogP contribution is 2.16. The minimum atomic E-state index is 0.552. The van der Waals surface area contributed by atoms with Crippen molar-refractivity contribution in [1.29, 1.82) is 0 Å². The Hall–Kier alpha value is -1.06. The molecule has 0 aliphatic heterocycles. The molecule has 18 heavy (non-hydrogen) atoms. The SMILES string of the molecule is CSCCC(C)NCc1cncc2ccccc12. The third-order valence-electron chi connectivity index (χ3n) is 3.15. The van der Waals surface area contributed by atoms with E-state index in [2.05, 4.69) is 47.7 Å². The first-order valence-corrected chi connectivity index (χ1v) is 7.74. The van der Waals surface area contributed by atoms with Crippen LogP contribution in [-0.2, 0) is 6.54 Å². The highest BCUT2D eigenvalue weighted by molar-refractivity contribution is 7.98. The molecule has 0 saturated heterocycles. The van der Waals surface area contributed by atoms with Crippen LogP contribution in [0.15, 0.2) is 36.7 Å². The number of rotatable bonds is 6. The highest BCUT2D eigenvalue weighted by Gasteiger charge is 2.04. The van der Waals surface area contributed by atoms with Gasteiger partial charge in [-0.05, 0) is 36.3 Å². The number of aromatic nitrogens is 1. The molecule has 0 spiro atoms. The number of hydrogen-bond donors (Lipinski definition) is 1. The monoisotopic (exact) mass is 260 g/mol. The van der Waals surface area contributed by atoms with Crippen LogP contribution in [0.5, 0.6) is 0 Å². The summed E-state index contributed by atoms with van der Waals surface area (Å²) in [4.78, 5) is 4.31. The predicted molar refractivity (Wildman–Crippen MR) is 81.0 cm³/mol. The molecular formula is C15H20N2S. The second kappa shape index (κ2) is 6.76. The van der Waals surface area contributed by atoms with Gasteiger partial charge in [0, 0.05) is 30.4 Å². The van der Waals surface area contributed by atoms with Crippen LogP contribution in [0.1, 0.15) is 18.9 Å². The van der Waals surface area contributed by atoms with Gasteiger partial charge in [-0.25, -0.2) is 0 Å². The van der Waals surface area contributed by atoms with Crippen LogP contribution in [0.3, 0.4) is 0 Å². The maximum Gasteiger partial charge on any atom is 0.0346 e. The Morgan fingerprint density at radius 2 is 2.11 bits per heavy atom. The van der Waals surface area contributed by atoms with Crippen molar-refractivity contribution in [3.8, 4) is 0 Å². The van der Waals surface area contributed by atoms with Crippen molar-refractivity contribution in [2.45, 2.75) is 25.9 Å². The number of hydrogen-bond acceptors (Lipinski definition) is 3. The van der Waals surface area contributed by atoms with E-state index in [1.165, 1.54) is 28.5 Å². The van der Waals surface area contributed by atoms with E-state index in [1.54, 1.807) is 0 Å². The Morgan fingerprint density at radius 3 is 2.94 bits per heavy atom. The van der Waals surface area contributed by atoms with Crippen molar-refractivity contribution >= 4 is 22.5 Å². The first-order chi connectivity index (χ1) is 8.81. The van der Waals surface area contributed by atoms with Gasteiger partial charge in [-0.3, -0.25) is 4.98 Å². The van der Waals surface area contributed by atoms with E-state index in [0.717, 1.165) is 6.54 Å². The zero-order valence-corrected chi connectivity index (χ0v) is 11.8. The predicted octanol–water partition coefficient (Wildman–Crippen LogP) is 3.47. The summed E-state index contributed by atoms with van der Waals surface area (Å²) in [6.07, 6.45) is 7.26. The van der Waals surface area contributed by atoms with Gasteiger partial charge in [0.15, 0.2) is 0 Å². The summed E-state index contributed by atoms with van der Waals surface area (Å²) in [5.74, 6) is 1.21. The molecule has 0 radical (unpaired) electrons. The lowest BCUT2D eigenvalue weighted by Gasteiger charge is -2.14. The summed E-state index contributed by atoms with van der Waals surface area (Å²) in [6, 6.07) is 8.98. The van der Waals surface area contributed by atoms with Gasteiger partial charge in [0.05, 0.1) is 0 Å². The molecule has 1 N–H and O–H groups in total. The summed E-state index contributed by atoms with van der Waals surface area (Å²) < 4.78 is 0. The zero-order valence-electron chi connectivity index (χ0n) is 11.0. The van der Waals surface area contributed by atoms with E-state index in [4.69, 9.17) is 0 Å². The van der Waals surface area contributed by atoms with Crippen molar-refractivity contribution in [2.24, 2.45) is 0 Å². The molecule has 0 saturated carbocycles. The summed E-state index contributed by atoms with van der Waals surface area (Å²) in [5.41, 5.74) is 1.28. The molecule has 0 bridgehead atoms. The quantitative estimate of drug-likeness (QED) is 0.861. The molecule has 1 unspecified atom stereocenters. The van der Waals surface area contributed by atoms with Gasteiger partial charge in [0.1, 0.15) is 0 Å². The third-order valence-corrected chi connectivity index (χ3v) is 3.79. The van der Waals surface area contributed by atoms with Crippen molar-refractivity contribution < 1.29 is 0 Å². The van der Waals surface area contributed by atoms with Gasteiger partial charge >= 0.3 is 0 Å². The number of fused-ring (bicyclic) bond motifs is 1. The lowest BCUT2D eigenvalue weighted by Crippen LogP contribution is -2.26. The molecule has 1 aromatic carbocycles. The van der Waals surface area contributed by atoms with Crippen molar-refractivity contribution in [3.05, 3.63) is 42.2 Å². The topological polar surface area (TPSA) is 24.9 Å². The van der Waals surface area contributed by atoms with Gasteiger partial charge in [-0.1, -0.05) is 24.3 Å². The molecule has 1 heterocycles. The van der Waals surface area contributed by atoms with Crippen molar-refractivity contribution in [2.75, 3.05) is 12.0 Å². The molecule has 0 aliphatic carbocycles. The minimum Gasteiger partial charge on any atom is -0.310 e. The average molecular weight is 260 g/mol. The van der Waals surface area contributed by atoms with Gasteiger partial charge in [-0.15, -0.1) is 0 Å². The third kappa shape index (κ3) is 3.47. The van der Waals surface area contributed by atoms with Gasteiger partial charge in [0.25, 0.3) is 0 Å². The largest absolute Gasteiger partial charge is 0.310 e. The Kier molecular flexibility index (Phi) is 5.02. The van der Waals surface area contributed by atoms with Gasteiger partial charge < -0.3 is 5.32 Å². The minimum absolute atomic E-state index is 0.552. The number of nitrogens with zero attached hydrogens (tertiary/aromatic N) is 1. The Morgan fingerprint density at radius 1 is 1.28 bits per heavy atom. The van der Waals surface area contributed by atoms with Crippen LogP contribution < -0.4 is 5.32 Å². The van der Waals surface area contributed by atoms with Gasteiger partial charge in [-0.2, -0.15) is 11.8 Å². The molecule has 0 amide bonds. The summed E-state index contributed by atoms with van der Waals surface area (Å²) in [7, 11) is 0. The van der Waals surface area contributed by atoms with Crippen LogP contribution >= 0.6 is 11.8 Å². The highest BCUT2D eigenvalue weighted by atomic mass is 32.2. The summed E-state index contributed by atoms with van der Waals surface area (Å²) in [5, 5.41) is 6.09. The first kappa shape index (κ1) is 13.4. The normalized spacial score (nSPS) is 12.8. The van der Waals surface area contributed by atoms with Crippen LogP contribution in [0.4, 0.5) is 0 Å². The maximum atomic E-state index is 4.31. The van der Waals surface area contributed by atoms with Crippen LogP contribution in [-0.4, -0.2) is 23.0 Å². The molecule has 3 heteroatoms. The second-order valence-corrected chi connectivity index (χ2v) is 5.57. The van der Waals surface area contributed by atoms with Crippen molar-refractivity contribution in [1.82, 2.24) is 10.3 Å². The van der Waals surface area contributed by atoms with Crippen LogP contribution in [0.2, 0.25) is 0 Å².